The van der Waals surface area contributed by atoms with Crippen LogP contribution in [0.25, 0.3) is 0 Å². The van der Waals surface area contributed by atoms with Gasteiger partial charge in [-0.3, -0.25) is 9.59 Å². The summed E-state index contributed by atoms with van der Waals surface area (Å²) in [4.78, 5) is 26.6. The summed E-state index contributed by atoms with van der Waals surface area (Å²) < 4.78 is 0. The topological polar surface area (TPSA) is 49.4 Å². The summed E-state index contributed by atoms with van der Waals surface area (Å²) in [7, 11) is 0. The van der Waals surface area contributed by atoms with E-state index in [9.17, 15) is 9.59 Å². The van der Waals surface area contributed by atoms with Crippen molar-refractivity contribution < 1.29 is 9.59 Å². The van der Waals surface area contributed by atoms with Crippen LogP contribution in [0.5, 0.6) is 0 Å². The number of hydrogen-bond acceptors (Lipinski definition) is 2. The molecule has 4 heteroatoms. The molecule has 4 rings (SSSR count). The Morgan fingerprint density at radius 3 is 2.23 bits per heavy atom. The van der Waals surface area contributed by atoms with Crippen LogP contribution < -0.4 is 5.32 Å². The van der Waals surface area contributed by atoms with Crippen molar-refractivity contribution in [2.45, 2.75) is 51.0 Å². The van der Waals surface area contributed by atoms with Gasteiger partial charge in [0.05, 0.1) is 0 Å². The summed E-state index contributed by atoms with van der Waals surface area (Å²) in [5.41, 5.74) is 2.05. The van der Waals surface area contributed by atoms with Gasteiger partial charge in [0.1, 0.15) is 0 Å². The lowest BCUT2D eigenvalue weighted by atomic mass is 9.89. The first-order chi connectivity index (χ1) is 12.7. The van der Waals surface area contributed by atoms with E-state index in [2.05, 4.69) is 34.5 Å². The minimum Gasteiger partial charge on any atom is -0.349 e. The molecule has 1 saturated heterocycles. The molecule has 1 saturated carbocycles. The first kappa shape index (κ1) is 17.3. The highest BCUT2D eigenvalue weighted by Gasteiger charge is 2.28. The van der Waals surface area contributed by atoms with E-state index in [0.29, 0.717) is 17.9 Å². The van der Waals surface area contributed by atoms with Gasteiger partial charge in [0, 0.05) is 30.6 Å². The summed E-state index contributed by atoms with van der Waals surface area (Å²) in [5.74, 6) is 1.22. The van der Waals surface area contributed by atoms with Crippen molar-refractivity contribution in [3.8, 4) is 0 Å². The second kappa shape index (κ2) is 7.65. The summed E-state index contributed by atoms with van der Waals surface area (Å²) in [6.07, 6.45) is 11.5. The van der Waals surface area contributed by atoms with Crippen LogP contribution in [0.4, 0.5) is 0 Å². The molecule has 1 N–H and O–H groups in total. The van der Waals surface area contributed by atoms with Crippen molar-refractivity contribution >= 4 is 11.8 Å². The van der Waals surface area contributed by atoms with Gasteiger partial charge in [-0.1, -0.05) is 24.3 Å². The lowest BCUT2D eigenvalue weighted by Crippen LogP contribution is -2.41. The molecule has 2 fully saturated rings. The molecular weight excluding hydrogens is 324 g/mol. The molecule has 0 radical (unpaired) electrons. The number of amides is 2. The number of rotatable bonds is 5. The zero-order valence-corrected chi connectivity index (χ0v) is 15.3. The highest BCUT2D eigenvalue weighted by molar-refractivity contribution is 5.94. The van der Waals surface area contributed by atoms with Gasteiger partial charge in [-0.15, -0.1) is 0 Å². The minimum absolute atomic E-state index is 0.0484. The zero-order chi connectivity index (χ0) is 17.9. The quantitative estimate of drug-likeness (QED) is 0.827. The Bertz CT molecular complexity index is 675. The first-order valence-corrected chi connectivity index (χ1v) is 10.0. The lowest BCUT2D eigenvalue weighted by Gasteiger charge is -2.33. The summed E-state index contributed by atoms with van der Waals surface area (Å²) in [6.45, 7) is 1.78. The first-order valence-electron chi connectivity index (χ1n) is 10.0. The minimum atomic E-state index is 0.0484. The summed E-state index contributed by atoms with van der Waals surface area (Å²) in [5, 5.41) is 3.03. The van der Waals surface area contributed by atoms with Crippen LogP contribution in [0.3, 0.4) is 0 Å². The Kier molecular flexibility index (Phi) is 5.09. The van der Waals surface area contributed by atoms with Crippen molar-refractivity contribution in [1.82, 2.24) is 10.2 Å². The van der Waals surface area contributed by atoms with Crippen LogP contribution in [-0.4, -0.2) is 35.8 Å². The van der Waals surface area contributed by atoms with Crippen molar-refractivity contribution in [2.24, 2.45) is 11.8 Å². The maximum Gasteiger partial charge on any atom is 0.251 e. The fraction of sp³-hybridized carbons (Fsp3) is 0.545. The SMILES string of the molecule is O=C(NC1CC1)c1ccc(CC2CCN(C(=O)C3CC=CC3)CC2)cc1. The van der Waals surface area contributed by atoms with Gasteiger partial charge in [-0.2, -0.15) is 0 Å². The third kappa shape index (κ3) is 4.17. The van der Waals surface area contributed by atoms with E-state index in [0.717, 1.165) is 63.6 Å². The molecule has 138 valence electrons. The van der Waals surface area contributed by atoms with Gasteiger partial charge in [0.2, 0.25) is 5.91 Å². The Morgan fingerprint density at radius 2 is 1.62 bits per heavy atom. The molecule has 1 heterocycles. The molecule has 26 heavy (non-hydrogen) atoms. The van der Waals surface area contributed by atoms with Crippen LogP contribution in [-0.2, 0) is 11.2 Å². The molecule has 1 aromatic carbocycles. The fourth-order valence-electron chi connectivity index (χ4n) is 4.06. The van der Waals surface area contributed by atoms with Crippen molar-refractivity contribution in [3.63, 3.8) is 0 Å². The Balaban J connectivity index is 1.24. The Labute approximate surface area is 155 Å². The van der Waals surface area contributed by atoms with Crippen molar-refractivity contribution in [1.29, 1.82) is 0 Å². The van der Waals surface area contributed by atoms with Crippen LogP contribution in [0.1, 0.15) is 54.4 Å². The number of nitrogens with zero attached hydrogens (tertiary/aromatic N) is 1. The van der Waals surface area contributed by atoms with E-state index in [1.54, 1.807) is 0 Å². The van der Waals surface area contributed by atoms with Gasteiger partial charge in [0.25, 0.3) is 5.91 Å². The van der Waals surface area contributed by atoms with Gasteiger partial charge >= 0.3 is 0 Å². The number of benzene rings is 1. The molecule has 0 atom stereocenters. The van der Waals surface area contributed by atoms with E-state index in [1.165, 1.54) is 5.56 Å². The van der Waals surface area contributed by atoms with E-state index in [4.69, 9.17) is 0 Å². The van der Waals surface area contributed by atoms with Crippen molar-refractivity contribution in [2.75, 3.05) is 13.1 Å². The maximum atomic E-state index is 12.5. The predicted molar refractivity (Wildman–Crippen MR) is 102 cm³/mol. The average Bonchev–Trinajstić information content (AvgIpc) is 3.31. The molecule has 2 aliphatic carbocycles. The molecule has 0 spiro atoms. The third-order valence-electron chi connectivity index (χ3n) is 5.94. The zero-order valence-electron chi connectivity index (χ0n) is 15.3. The number of piperidine rings is 1. The van der Waals surface area contributed by atoms with E-state index in [1.807, 2.05) is 12.1 Å². The van der Waals surface area contributed by atoms with Crippen LogP contribution in [0.2, 0.25) is 0 Å². The Hall–Kier alpha value is -2.10. The number of carbonyl (C=O) groups excluding carboxylic acids is 2. The fourth-order valence-corrected chi connectivity index (χ4v) is 4.06. The van der Waals surface area contributed by atoms with Crippen LogP contribution in [0.15, 0.2) is 36.4 Å². The third-order valence-corrected chi connectivity index (χ3v) is 5.94. The van der Waals surface area contributed by atoms with Gasteiger partial charge in [-0.25, -0.2) is 0 Å². The van der Waals surface area contributed by atoms with Gasteiger partial charge in [0.15, 0.2) is 0 Å². The molecule has 3 aliphatic rings. The number of carbonyl (C=O) groups is 2. The summed E-state index contributed by atoms with van der Waals surface area (Å²) >= 11 is 0. The molecule has 2 amide bonds. The smallest absolute Gasteiger partial charge is 0.251 e. The molecule has 1 aliphatic heterocycles. The number of hydrogen-bond donors (Lipinski definition) is 1. The highest BCUT2D eigenvalue weighted by Crippen LogP contribution is 2.26. The predicted octanol–water partition coefficient (Wildman–Crippen LogP) is 3.33. The Morgan fingerprint density at radius 1 is 0.962 bits per heavy atom. The number of allylic oxidation sites excluding steroid dienone is 2. The molecule has 4 nitrogen and oxygen atoms in total. The lowest BCUT2D eigenvalue weighted by molar-refractivity contribution is -0.136. The van der Waals surface area contributed by atoms with Crippen LogP contribution >= 0.6 is 0 Å². The van der Waals surface area contributed by atoms with Gasteiger partial charge in [-0.05, 0) is 68.6 Å². The normalized spacial score (nSPS) is 21.2. The highest BCUT2D eigenvalue weighted by atomic mass is 16.2. The summed E-state index contributed by atoms with van der Waals surface area (Å²) in [6, 6.07) is 8.46. The van der Waals surface area contributed by atoms with Gasteiger partial charge < -0.3 is 10.2 Å². The standard InChI is InChI=1S/C22H28N2O2/c25-21(23-20-9-10-20)18-7-5-16(6-8-18)15-17-11-13-24(14-12-17)22(26)19-3-1-2-4-19/h1-2,5-8,17,19-20H,3-4,9-15H2,(H,23,25). The molecule has 0 bridgehead atoms. The second-order valence-corrected chi connectivity index (χ2v) is 8.06. The number of likely N-dealkylation sites (tertiary alicyclic amines) is 1. The average molecular weight is 352 g/mol. The van der Waals surface area contributed by atoms with Crippen LogP contribution in [0, 0.1) is 11.8 Å². The second-order valence-electron chi connectivity index (χ2n) is 8.06. The number of nitrogens with one attached hydrogen (secondary N) is 1. The molecule has 0 aromatic heterocycles. The largest absolute Gasteiger partial charge is 0.349 e. The molecule has 1 aromatic rings. The van der Waals surface area contributed by atoms with E-state index >= 15 is 0 Å². The molecular formula is C22H28N2O2. The van der Waals surface area contributed by atoms with E-state index in [-0.39, 0.29) is 11.8 Å². The van der Waals surface area contributed by atoms with Crippen molar-refractivity contribution in [3.05, 3.63) is 47.5 Å². The maximum absolute atomic E-state index is 12.5. The monoisotopic (exact) mass is 352 g/mol. The molecule has 0 unspecified atom stereocenters. The van der Waals surface area contributed by atoms with E-state index < -0.39 is 0 Å².